The standard InChI is InChI=1S/C15H23N3O3S/c1-2-13-17-12(9-22-13)8-16-14(19)18-11-3-5-21-15(7-11)4-6-20-10-15/h9,11H,2-8,10H2,1H3,(H2,16,18,19). The molecule has 2 fully saturated rings. The molecule has 0 aliphatic carbocycles. The van der Waals surface area contributed by atoms with Crippen LogP contribution in [0.2, 0.25) is 0 Å². The summed E-state index contributed by atoms with van der Waals surface area (Å²) in [4.78, 5) is 16.5. The Labute approximate surface area is 134 Å². The molecule has 2 unspecified atom stereocenters. The molecule has 122 valence electrons. The number of carbonyl (C=O) groups is 1. The van der Waals surface area contributed by atoms with Crippen molar-refractivity contribution in [3.63, 3.8) is 0 Å². The van der Waals surface area contributed by atoms with Crippen LogP contribution < -0.4 is 10.6 Å². The van der Waals surface area contributed by atoms with Gasteiger partial charge in [0, 0.05) is 31.1 Å². The van der Waals surface area contributed by atoms with Crippen LogP contribution in [0, 0.1) is 0 Å². The lowest BCUT2D eigenvalue weighted by Crippen LogP contribution is -2.51. The van der Waals surface area contributed by atoms with Crippen molar-refractivity contribution in [2.75, 3.05) is 19.8 Å². The Kier molecular flexibility index (Phi) is 4.95. The number of thiazole rings is 1. The van der Waals surface area contributed by atoms with Crippen molar-refractivity contribution >= 4 is 17.4 Å². The van der Waals surface area contributed by atoms with Gasteiger partial charge in [0.25, 0.3) is 0 Å². The van der Waals surface area contributed by atoms with E-state index in [1.165, 1.54) is 0 Å². The molecule has 1 spiro atoms. The Morgan fingerprint density at radius 1 is 1.55 bits per heavy atom. The Hall–Kier alpha value is -1.18. The number of nitrogens with one attached hydrogen (secondary N) is 2. The number of carbonyl (C=O) groups excluding carboxylic acids is 1. The lowest BCUT2D eigenvalue weighted by Gasteiger charge is -2.37. The second-order valence-corrected chi connectivity index (χ2v) is 6.88. The van der Waals surface area contributed by atoms with E-state index in [1.54, 1.807) is 11.3 Å². The van der Waals surface area contributed by atoms with E-state index in [2.05, 4.69) is 22.5 Å². The molecule has 0 saturated carbocycles. The highest BCUT2D eigenvalue weighted by Crippen LogP contribution is 2.32. The summed E-state index contributed by atoms with van der Waals surface area (Å²) in [6.45, 7) is 4.63. The number of urea groups is 1. The van der Waals surface area contributed by atoms with Crippen LogP contribution in [0.3, 0.4) is 0 Å². The number of ether oxygens (including phenoxy) is 2. The molecule has 1 aromatic heterocycles. The van der Waals surface area contributed by atoms with Gasteiger partial charge in [-0.3, -0.25) is 0 Å². The van der Waals surface area contributed by atoms with Crippen LogP contribution in [0.5, 0.6) is 0 Å². The fraction of sp³-hybridized carbons (Fsp3) is 0.733. The zero-order chi connectivity index (χ0) is 15.4. The van der Waals surface area contributed by atoms with Crippen LogP contribution in [0.4, 0.5) is 4.79 Å². The maximum atomic E-state index is 12.0. The summed E-state index contributed by atoms with van der Waals surface area (Å²) in [6, 6.07) is 0.0177. The fourth-order valence-corrected chi connectivity index (χ4v) is 3.76. The zero-order valence-electron chi connectivity index (χ0n) is 12.9. The molecule has 0 radical (unpaired) electrons. The predicted octanol–water partition coefficient (Wildman–Crippen LogP) is 1.84. The van der Waals surface area contributed by atoms with Crippen LogP contribution in [-0.4, -0.2) is 42.5 Å². The highest BCUT2D eigenvalue weighted by molar-refractivity contribution is 7.09. The Bertz CT molecular complexity index is 514. The summed E-state index contributed by atoms with van der Waals surface area (Å²) in [5.41, 5.74) is 0.742. The summed E-state index contributed by atoms with van der Waals surface area (Å²) in [5, 5.41) is 9.04. The molecule has 1 aromatic rings. The van der Waals surface area contributed by atoms with Gasteiger partial charge in [0.15, 0.2) is 0 Å². The number of nitrogens with zero attached hydrogens (tertiary/aromatic N) is 1. The maximum Gasteiger partial charge on any atom is 0.315 e. The topological polar surface area (TPSA) is 72.5 Å². The lowest BCUT2D eigenvalue weighted by atomic mass is 9.90. The van der Waals surface area contributed by atoms with Gasteiger partial charge in [-0.25, -0.2) is 9.78 Å². The van der Waals surface area contributed by atoms with E-state index in [0.717, 1.165) is 43.0 Å². The first-order valence-corrected chi connectivity index (χ1v) is 8.76. The van der Waals surface area contributed by atoms with Crippen molar-refractivity contribution in [3.05, 3.63) is 16.1 Å². The van der Waals surface area contributed by atoms with E-state index in [4.69, 9.17) is 9.47 Å². The number of rotatable bonds is 4. The molecule has 7 heteroatoms. The van der Waals surface area contributed by atoms with Crippen molar-refractivity contribution in [3.8, 4) is 0 Å². The van der Waals surface area contributed by atoms with E-state index in [9.17, 15) is 4.79 Å². The van der Waals surface area contributed by atoms with E-state index >= 15 is 0 Å². The molecule has 2 aliphatic rings. The number of aromatic nitrogens is 1. The zero-order valence-corrected chi connectivity index (χ0v) is 13.7. The van der Waals surface area contributed by atoms with Crippen molar-refractivity contribution in [2.45, 2.75) is 50.8 Å². The second-order valence-electron chi connectivity index (χ2n) is 5.94. The second kappa shape index (κ2) is 6.93. The van der Waals surface area contributed by atoms with E-state index in [1.807, 2.05) is 5.38 Å². The molecule has 0 aromatic carbocycles. The van der Waals surface area contributed by atoms with Crippen molar-refractivity contribution in [1.82, 2.24) is 15.6 Å². The van der Waals surface area contributed by atoms with E-state index in [-0.39, 0.29) is 17.7 Å². The van der Waals surface area contributed by atoms with Crippen LogP contribution in [-0.2, 0) is 22.4 Å². The number of amides is 2. The number of hydrogen-bond acceptors (Lipinski definition) is 5. The minimum atomic E-state index is -0.179. The van der Waals surface area contributed by atoms with Gasteiger partial charge in [-0.2, -0.15) is 0 Å². The minimum absolute atomic E-state index is 0.132. The largest absolute Gasteiger partial charge is 0.378 e. The molecule has 2 N–H and O–H groups in total. The van der Waals surface area contributed by atoms with Gasteiger partial charge >= 0.3 is 6.03 Å². The first-order chi connectivity index (χ1) is 10.7. The highest BCUT2D eigenvalue weighted by Gasteiger charge is 2.41. The van der Waals surface area contributed by atoms with Crippen LogP contribution in [0.25, 0.3) is 0 Å². The first-order valence-electron chi connectivity index (χ1n) is 7.88. The maximum absolute atomic E-state index is 12.0. The third-order valence-corrected chi connectivity index (χ3v) is 5.27. The first kappa shape index (κ1) is 15.7. The smallest absolute Gasteiger partial charge is 0.315 e. The summed E-state index contributed by atoms with van der Waals surface area (Å²) in [5.74, 6) is 0. The molecule has 2 saturated heterocycles. The van der Waals surface area contributed by atoms with Gasteiger partial charge in [-0.05, 0) is 19.3 Å². The lowest BCUT2D eigenvalue weighted by molar-refractivity contribution is -0.0878. The van der Waals surface area contributed by atoms with Crippen LogP contribution >= 0.6 is 11.3 Å². The molecule has 2 amide bonds. The van der Waals surface area contributed by atoms with Gasteiger partial charge < -0.3 is 20.1 Å². The van der Waals surface area contributed by atoms with Crippen LogP contribution in [0.1, 0.15) is 36.9 Å². The normalized spacial score (nSPS) is 28.0. The van der Waals surface area contributed by atoms with Crippen molar-refractivity contribution in [1.29, 1.82) is 0 Å². The summed E-state index contributed by atoms with van der Waals surface area (Å²) >= 11 is 1.64. The summed E-state index contributed by atoms with van der Waals surface area (Å²) in [6.07, 6.45) is 3.54. The van der Waals surface area contributed by atoms with Crippen molar-refractivity contribution in [2.24, 2.45) is 0 Å². The van der Waals surface area contributed by atoms with Gasteiger partial charge in [0.05, 0.1) is 29.5 Å². The molecule has 2 aliphatic heterocycles. The molecule has 0 bridgehead atoms. The SMILES string of the molecule is CCc1nc(CNC(=O)NC2CCOC3(CCOC3)C2)cs1. The molecule has 2 atom stereocenters. The van der Waals surface area contributed by atoms with E-state index in [0.29, 0.717) is 19.8 Å². The monoisotopic (exact) mass is 325 g/mol. The van der Waals surface area contributed by atoms with Gasteiger partial charge in [0.2, 0.25) is 0 Å². The molecule has 3 rings (SSSR count). The third-order valence-electron chi connectivity index (χ3n) is 4.23. The van der Waals surface area contributed by atoms with E-state index < -0.39 is 0 Å². The Balaban J connectivity index is 1.45. The predicted molar refractivity (Wildman–Crippen MR) is 84.0 cm³/mol. The number of hydrogen-bond donors (Lipinski definition) is 2. The average Bonchev–Trinajstić information content (AvgIpc) is 3.15. The molecular weight excluding hydrogens is 302 g/mol. The quantitative estimate of drug-likeness (QED) is 0.886. The summed E-state index contributed by atoms with van der Waals surface area (Å²) in [7, 11) is 0. The Morgan fingerprint density at radius 3 is 3.18 bits per heavy atom. The van der Waals surface area contributed by atoms with Gasteiger partial charge in [-0.15, -0.1) is 11.3 Å². The third kappa shape index (κ3) is 3.77. The molecule has 3 heterocycles. The van der Waals surface area contributed by atoms with Crippen molar-refractivity contribution < 1.29 is 14.3 Å². The fourth-order valence-electron chi connectivity index (χ4n) is 3.01. The van der Waals surface area contributed by atoms with Gasteiger partial charge in [0.1, 0.15) is 0 Å². The summed E-state index contributed by atoms with van der Waals surface area (Å²) < 4.78 is 11.3. The minimum Gasteiger partial charge on any atom is -0.378 e. The Morgan fingerprint density at radius 2 is 2.45 bits per heavy atom. The molecule has 6 nitrogen and oxygen atoms in total. The molecule has 22 heavy (non-hydrogen) atoms. The van der Waals surface area contributed by atoms with Crippen LogP contribution in [0.15, 0.2) is 5.38 Å². The average molecular weight is 325 g/mol. The highest BCUT2D eigenvalue weighted by atomic mass is 32.1. The number of aryl methyl sites for hydroxylation is 1. The van der Waals surface area contributed by atoms with Gasteiger partial charge in [-0.1, -0.05) is 6.92 Å². The molecular formula is C15H23N3O3S.